The van der Waals surface area contributed by atoms with E-state index in [2.05, 4.69) is 10.6 Å². The van der Waals surface area contributed by atoms with Crippen molar-refractivity contribution >= 4 is 21.8 Å². The summed E-state index contributed by atoms with van der Waals surface area (Å²) in [6.45, 7) is 5.36. The van der Waals surface area contributed by atoms with Crippen LogP contribution >= 0.6 is 0 Å². The number of amides is 2. The van der Waals surface area contributed by atoms with E-state index < -0.39 is 21.8 Å². The number of carbonyl (C=O) groups excluding carboxylic acids is 2. The fourth-order valence-corrected chi connectivity index (χ4v) is 3.90. The third kappa shape index (κ3) is 5.52. The summed E-state index contributed by atoms with van der Waals surface area (Å²) >= 11 is 0. The van der Waals surface area contributed by atoms with Crippen LogP contribution in [0.2, 0.25) is 0 Å². The van der Waals surface area contributed by atoms with Crippen LogP contribution in [-0.2, 0) is 30.8 Å². The minimum atomic E-state index is -3.50. The first-order valence-corrected chi connectivity index (χ1v) is 10.00. The third-order valence-electron chi connectivity index (χ3n) is 3.86. The molecule has 1 fully saturated rings. The first-order chi connectivity index (χ1) is 12.3. The predicted octanol–water partition coefficient (Wildman–Crippen LogP) is -0.109. The molecule has 0 aliphatic carbocycles. The fraction of sp³-hybridized carbons (Fsp3) is 0.529. The van der Waals surface area contributed by atoms with Crippen molar-refractivity contribution in [3.8, 4) is 0 Å². The van der Waals surface area contributed by atoms with Gasteiger partial charge < -0.3 is 15.4 Å². The minimum absolute atomic E-state index is 0.103. The number of hydrogen-bond acceptors (Lipinski definition) is 5. The van der Waals surface area contributed by atoms with E-state index in [1.807, 2.05) is 0 Å². The molecule has 0 saturated carbocycles. The average molecular weight is 383 g/mol. The molecule has 1 aliphatic heterocycles. The van der Waals surface area contributed by atoms with Crippen LogP contribution in [0.25, 0.3) is 0 Å². The molecule has 1 aliphatic rings. The fourth-order valence-electron chi connectivity index (χ4n) is 2.49. The highest BCUT2D eigenvalue weighted by Crippen LogP contribution is 2.17. The molecular formula is C17H25N3O5S. The summed E-state index contributed by atoms with van der Waals surface area (Å²) in [5.41, 5.74) is 0.871. The topological polar surface area (TPSA) is 105 Å². The van der Waals surface area contributed by atoms with Crippen molar-refractivity contribution < 1.29 is 22.7 Å². The first kappa shape index (κ1) is 20.3. The number of sulfonamides is 1. The van der Waals surface area contributed by atoms with Gasteiger partial charge in [-0.2, -0.15) is 4.31 Å². The summed E-state index contributed by atoms with van der Waals surface area (Å²) in [7, 11) is -3.50. The van der Waals surface area contributed by atoms with Gasteiger partial charge in [-0.25, -0.2) is 8.42 Å². The lowest BCUT2D eigenvalue weighted by Gasteiger charge is -2.26. The molecule has 0 bridgehead atoms. The zero-order valence-corrected chi connectivity index (χ0v) is 15.8. The number of morpholine rings is 1. The molecular weight excluding hydrogens is 358 g/mol. The van der Waals surface area contributed by atoms with Gasteiger partial charge in [0, 0.05) is 25.7 Å². The standard InChI is InChI=1S/C17H25N3O5S/c1-13(2)19-17(22)16(21)18-8-7-14-3-5-15(6-4-14)26(23,24)20-9-11-25-12-10-20/h3-6,13H,7-12H2,1-2H3,(H,18,21)(H,19,22). The van der Waals surface area contributed by atoms with Crippen LogP contribution in [0.1, 0.15) is 19.4 Å². The van der Waals surface area contributed by atoms with Crippen molar-refractivity contribution in [2.75, 3.05) is 32.8 Å². The van der Waals surface area contributed by atoms with Gasteiger partial charge in [0.25, 0.3) is 0 Å². The van der Waals surface area contributed by atoms with Crippen molar-refractivity contribution in [1.82, 2.24) is 14.9 Å². The van der Waals surface area contributed by atoms with Gasteiger partial charge in [-0.3, -0.25) is 9.59 Å². The summed E-state index contributed by atoms with van der Waals surface area (Å²) in [5, 5.41) is 5.06. The van der Waals surface area contributed by atoms with E-state index in [0.29, 0.717) is 39.3 Å². The van der Waals surface area contributed by atoms with Gasteiger partial charge in [-0.05, 0) is 38.0 Å². The van der Waals surface area contributed by atoms with E-state index in [9.17, 15) is 18.0 Å². The SMILES string of the molecule is CC(C)NC(=O)C(=O)NCCc1ccc(S(=O)(=O)N2CCOCC2)cc1. The molecule has 1 saturated heterocycles. The first-order valence-electron chi connectivity index (χ1n) is 8.56. The predicted molar refractivity (Wildman–Crippen MR) is 96.0 cm³/mol. The molecule has 9 heteroatoms. The van der Waals surface area contributed by atoms with Crippen molar-refractivity contribution in [2.24, 2.45) is 0 Å². The largest absolute Gasteiger partial charge is 0.379 e. The van der Waals surface area contributed by atoms with E-state index in [-0.39, 0.29) is 10.9 Å². The van der Waals surface area contributed by atoms with Gasteiger partial charge in [-0.1, -0.05) is 12.1 Å². The number of ether oxygens (including phenoxy) is 1. The number of hydrogen-bond donors (Lipinski definition) is 2. The second-order valence-electron chi connectivity index (χ2n) is 6.29. The maximum absolute atomic E-state index is 12.5. The van der Waals surface area contributed by atoms with Gasteiger partial charge in [0.05, 0.1) is 18.1 Å². The van der Waals surface area contributed by atoms with E-state index >= 15 is 0 Å². The van der Waals surface area contributed by atoms with Crippen LogP contribution in [-0.4, -0.2) is 63.4 Å². The van der Waals surface area contributed by atoms with E-state index in [4.69, 9.17) is 4.74 Å². The van der Waals surface area contributed by atoms with Crippen LogP contribution in [0.15, 0.2) is 29.2 Å². The van der Waals surface area contributed by atoms with E-state index in [1.165, 1.54) is 4.31 Å². The zero-order valence-electron chi connectivity index (χ0n) is 15.0. The Morgan fingerprint density at radius 3 is 2.31 bits per heavy atom. The van der Waals surface area contributed by atoms with Gasteiger partial charge >= 0.3 is 11.8 Å². The van der Waals surface area contributed by atoms with Gasteiger partial charge in [-0.15, -0.1) is 0 Å². The second kappa shape index (κ2) is 9.11. The van der Waals surface area contributed by atoms with Crippen molar-refractivity contribution in [3.63, 3.8) is 0 Å². The molecule has 144 valence electrons. The summed E-state index contributed by atoms with van der Waals surface area (Å²) in [6, 6.07) is 6.46. The highest BCUT2D eigenvalue weighted by atomic mass is 32.2. The van der Waals surface area contributed by atoms with Crippen LogP contribution in [0.4, 0.5) is 0 Å². The molecule has 0 radical (unpaired) electrons. The lowest BCUT2D eigenvalue weighted by Crippen LogP contribution is -2.43. The summed E-state index contributed by atoms with van der Waals surface area (Å²) < 4.78 is 31.7. The Kier molecular flexibility index (Phi) is 7.13. The second-order valence-corrected chi connectivity index (χ2v) is 8.23. The van der Waals surface area contributed by atoms with Crippen LogP contribution < -0.4 is 10.6 Å². The molecule has 1 aromatic rings. The molecule has 2 rings (SSSR count). The van der Waals surface area contributed by atoms with Crippen molar-refractivity contribution in [3.05, 3.63) is 29.8 Å². The Labute approximate surface area is 153 Å². The molecule has 26 heavy (non-hydrogen) atoms. The Balaban J connectivity index is 1.87. The Morgan fingerprint density at radius 1 is 1.12 bits per heavy atom. The molecule has 1 aromatic carbocycles. The number of nitrogens with one attached hydrogen (secondary N) is 2. The highest BCUT2D eigenvalue weighted by Gasteiger charge is 2.26. The smallest absolute Gasteiger partial charge is 0.309 e. The molecule has 1 heterocycles. The average Bonchev–Trinajstić information content (AvgIpc) is 2.62. The molecule has 0 atom stereocenters. The number of rotatable bonds is 6. The Bertz CT molecular complexity index is 725. The van der Waals surface area contributed by atoms with Crippen LogP contribution in [0, 0.1) is 0 Å². The Hall–Kier alpha value is -1.97. The number of benzene rings is 1. The maximum Gasteiger partial charge on any atom is 0.309 e. The molecule has 2 N–H and O–H groups in total. The van der Waals surface area contributed by atoms with Crippen molar-refractivity contribution in [2.45, 2.75) is 31.2 Å². The van der Waals surface area contributed by atoms with Crippen molar-refractivity contribution in [1.29, 1.82) is 0 Å². The lowest BCUT2D eigenvalue weighted by atomic mass is 10.1. The number of nitrogens with zero attached hydrogens (tertiary/aromatic N) is 1. The van der Waals surface area contributed by atoms with E-state index in [1.54, 1.807) is 38.1 Å². The van der Waals surface area contributed by atoms with Crippen LogP contribution in [0.5, 0.6) is 0 Å². The maximum atomic E-state index is 12.5. The molecule has 0 spiro atoms. The van der Waals surface area contributed by atoms with Crippen LogP contribution in [0.3, 0.4) is 0 Å². The normalized spacial score (nSPS) is 15.7. The number of carbonyl (C=O) groups is 2. The molecule has 8 nitrogen and oxygen atoms in total. The Morgan fingerprint density at radius 2 is 1.73 bits per heavy atom. The van der Waals surface area contributed by atoms with Gasteiger partial charge in [0.1, 0.15) is 0 Å². The third-order valence-corrected chi connectivity index (χ3v) is 5.77. The molecule has 2 amide bonds. The van der Waals surface area contributed by atoms with Gasteiger partial charge in [0.15, 0.2) is 0 Å². The molecule has 0 unspecified atom stereocenters. The highest BCUT2D eigenvalue weighted by molar-refractivity contribution is 7.89. The quantitative estimate of drug-likeness (QED) is 0.667. The summed E-state index contributed by atoms with van der Waals surface area (Å²) in [6.07, 6.45) is 0.499. The van der Waals surface area contributed by atoms with Gasteiger partial charge in [0.2, 0.25) is 10.0 Å². The molecule has 0 aromatic heterocycles. The minimum Gasteiger partial charge on any atom is -0.379 e. The zero-order chi connectivity index (χ0) is 19.2. The monoisotopic (exact) mass is 383 g/mol. The summed E-state index contributed by atoms with van der Waals surface area (Å²) in [4.78, 5) is 23.3. The van der Waals surface area contributed by atoms with E-state index in [0.717, 1.165) is 5.56 Å². The lowest BCUT2D eigenvalue weighted by molar-refractivity contribution is -0.139. The summed E-state index contributed by atoms with van der Waals surface area (Å²) in [5.74, 6) is -1.34.